The van der Waals surface area contributed by atoms with E-state index in [1.807, 2.05) is 0 Å². The van der Waals surface area contributed by atoms with Gasteiger partial charge in [0.15, 0.2) is 5.96 Å². The SMILES string of the molecule is CN=C(NCc1cc(Cl)ccc1OC(F)F)N1CCC(OCCCOC)CC1.I. The van der Waals surface area contributed by atoms with Crippen LogP contribution in [0.3, 0.4) is 0 Å². The number of likely N-dealkylation sites (tertiary alicyclic amines) is 1. The molecule has 0 aromatic heterocycles. The Labute approximate surface area is 192 Å². The van der Waals surface area contributed by atoms with Crippen LogP contribution in [0.15, 0.2) is 23.2 Å². The summed E-state index contributed by atoms with van der Waals surface area (Å²) in [4.78, 5) is 6.44. The molecule has 0 spiro atoms. The molecular formula is C19H29ClF2IN3O3. The van der Waals surface area contributed by atoms with Gasteiger partial charge in [0.2, 0.25) is 0 Å². The van der Waals surface area contributed by atoms with Crippen LogP contribution in [-0.2, 0) is 16.0 Å². The summed E-state index contributed by atoms with van der Waals surface area (Å²) in [7, 11) is 3.38. The van der Waals surface area contributed by atoms with Crippen LogP contribution < -0.4 is 10.1 Å². The first-order valence-electron chi connectivity index (χ1n) is 9.33. The van der Waals surface area contributed by atoms with Gasteiger partial charge in [0.05, 0.1) is 6.10 Å². The van der Waals surface area contributed by atoms with Gasteiger partial charge in [-0.2, -0.15) is 8.78 Å². The smallest absolute Gasteiger partial charge is 0.387 e. The number of methoxy groups -OCH3 is 1. The maximum Gasteiger partial charge on any atom is 0.387 e. The molecular weight excluding hydrogens is 519 g/mol. The van der Waals surface area contributed by atoms with E-state index in [9.17, 15) is 8.78 Å². The number of benzene rings is 1. The Hall–Kier alpha value is -0.910. The number of hydrogen-bond donors (Lipinski definition) is 1. The molecule has 0 atom stereocenters. The minimum absolute atomic E-state index is 0. The minimum atomic E-state index is -2.89. The van der Waals surface area contributed by atoms with Crippen LogP contribution >= 0.6 is 35.6 Å². The van der Waals surface area contributed by atoms with Crippen LogP contribution in [0.2, 0.25) is 5.02 Å². The zero-order valence-electron chi connectivity index (χ0n) is 16.7. The number of ether oxygens (including phenoxy) is 3. The van der Waals surface area contributed by atoms with Crippen LogP contribution in [0.1, 0.15) is 24.8 Å². The number of aliphatic imine (C=N–C) groups is 1. The van der Waals surface area contributed by atoms with Crippen molar-refractivity contribution in [2.45, 2.75) is 38.5 Å². The molecule has 0 radical (unpaired) electrons. The van der Waals surface area contributed by atoms with Gasteiger partial charge in [-0.25, -0.2) is 0 Å². The normalized spacial score (nSPS) is 15.4. The third-order valence-corrected chi connectivity index (χ3v) is 4.71. The first-order chi connectivity index (χ1) is 13.5. The highest BCUT2D eigenvalue weighted by molar-refractivity contribution is 14.0. The highest BCUT2D eigenvalue weighted by Gasteiger charge is 2.22. The van der Waals surface area contributed by atoms with Crippen molar-refractivity contribution in [2.24, 2.45) is 4.99 Å². The molecule has 2 rings (SSSR count). The van der Waals surface area contributed by atoms with Crippen LogP contribution in [0.5, 0.6) is 5.75 Å². The maximum atomic E-state index is 12.6. The molecule has 1 saturated heterocycles. The van der Waals surface area contributed by atoms with E-state index in [1.165, 1.54) is 12.1 Å². The van der Waals surface area contributed by atoms with Gasteiger partial charge < -0.3 is 24.4 Å². The third kappa shape index (κ3) is 9.18. The molecule has 0 unspecified atom stereocenters. The number of rotatable bonds is 9. The summed E-state index contributed by atoms with van der Waals surface area (Å²) in [5, 5.41) is 3.66. The van der Waals surface area contributed by atoms with E-state index in [0.717, 1.165) is 32.4 Å². The summed E-state index contributed by atoms with van der Waals surface area (Å²) in [6.07, 6.45) is 2.95. The molecule has 1 aliphatic rings. The lowest BCUT2D eigenvalue weighted by Crippen LogP contribution is -2.46. The van der Waals surface area contributed by atoms with Crippen LogP contribution in [0.4, 0.5) is 8.78 Å². The number of hydrogen-bond acceptors (Lipinski definition) is 4. The summed E-state index contributed by atoms with van der Waals surface area (Å²) in [6, 6.07) is 4.58. The minimum Gasteiger partial charge on any atom is -0.434 e. The fourth-order valence-corrected chi connectivity index (χ4v) is 3.29. The molecule has 0 saturated carbocycles. The van der Waals surface area contributed by atoms with E-state index in [4.69, 9.17) is 21.1 Å². The van der Waals surface area contributed by atoms with E-state index >= 15 is 0 Å². The van der Waals surface area contributed by atoms with Gasteiger partial charge in [0.1, 0.15) is 5.75 Å². The Balaban J connectivity index is 0.00000420. The Bertz CT molecular complexity index is 633. The van der Waals surface area contributed by atoms with Gasteiger partial charge in [-0.1, -0.05) is 11.6 Å². The number of alkyl halides is 2. The van der Waals surface area contributed by atoms with Gasteiger partial charge in [0.25, 0.3) is 0 Å². The lowest BCUT2D eigenvalue weighted by atomic mass is 10.1. The average Bonchev–Trinajstić information content (AvgIpc) is 2.68. The molecule has 1 fully saturated rings. The molecule has 1 aromatic carbocycles. The number of guanidine groups is 1. The average molecular weight is 548 g/mol. The van der Waals surface area contributed by atoms with Crippen molar-refractivity contribution < 1.29 is 23.0 Å². The molecule has 0 aliphatic carbocycles. The monoisotopic (exact) mass is 547 g/mol. The number of nitrogens with one attached hydrogen (secondary N) is 1. The molecule has 1 heterocycles. The van der Waals surface area contributed by atoms with Gasteiger partial charge in [0, 0.05) is 57.6 Å². The fraction of sp³-hybridized carbons (Fsp3) is 0.632. The Morgan fingerprint density at radius 3 is 2.66 bits per heavy atom. The van der Waals surface area contributed by atoms with E-state index in [1.54, 1.807) is 20.2 Å². The van der Waals surface area contributed by atoms with E-state index in [2.05, 4.69) is 19.9 Å². The molecule has 0 bridgehead atoms. The third-order valence-electron chi connectivity index (χ3n) is 4.48. The quantitative estimate of drug-likeness (QED) is 0.218. The van der Waals surface area contributed by atoms with Gasteiger partial charge in [-0.05, 0) is 37.5 Å². The molecule has 166 valence electrons. The zero-order valence-corrected chi connectivity index (χ0v) is 19.8. The summed E-state index contributed by atoms with van der Waals surface area (Å²) in [6.45, 7) is 0.420. The lowest BCUT2D eigenvalue weighted by Gasteiger charge is -2.34. The van der Waals surface area contributed by atoms with E-state index in [-0.39, 0.29) is 42.4 Å². The van der Waals surface area contributed by atoms with E-state index in [0.29, 0.717) is 29.8 Å². The van der Waals surface area contributed by atoms with Crippen molar-refractivity contribution in [3.05, 3.63) is 28.8 Å². The van der Waals surface area contributed by atoms with Crippen molar-refractivity contribution in [1.82, 2.24) is 10.2 Å². The summed E-state index contributed by atoms with van der Waals surface area (Å²) >= 11 is 6.00. The molecule has 10 heteroatoms. The van der Waals surface area contributed by atoms with Gasteiger partial charge in [-0.3, -0.25) is 4.99 Å². The summed E-state index contributed by atoms with van der Waals surface area (Å²) in [5.41, 5.74) is 0.547. The predicted molar refractivity (Wildman–Crippen MR) is 121 cm³/mol. The van der Waals surface area contributed by atoms with E-state index < -0.39 is 6.61 Å². The highest BCUT2D eigenvalue weighted by Crippen LogP contribution is 2.24. The molecule has 1 N–H and O–H groups in total. The fourth-order valence-electron chi connectivity index (χ4n) is 3.09. The Morgan fingerprint density at radius 2 is 2.03 bits per heavy atom. The number of nitrogens with zero attached hydrogens (tertiary/aromatic N) is 2. The summed E-state index contributed by atoms with van der Waals surface area (Å²) in [5.74, 6) is 0.811. The van der Waals surface area contributed by atoms with Crippen LogP contribution in [0, 0.1) is 0 Å². The Kier molecular flexibility index (Phi) is 12.8. The molecule has 6 nitrogen and oxygen atoms in total. The first-order valence-corrected chi connectivity index (χ1v) is 9.70. The second-order valence-electron chi connectivity index (χ2n) is 6.43. The van der Waals surface area contributed by atoms with Crippen LogP contribution in [0.25, 0.3) is 0 Å². The van der Waals surface area contributed by atoms with Crippen molar-refractivity contribution >= 4 is 41.5 Å². The van der Waals surface area contributed by atoms with Crippen molar-refractivity contribution in [3.8, 4) is 5.75 Å². The molecule has 1 aliphatic heterocycles. The molecule has 1 aromatic rings. The molecule has 0 amide bonds. The standard InChI is InChI=1S/C19H28ClF2N3O3.HI/c1-23-19(25-8-6-16(7-9-25)27-11-3-10-26-2)24-13-14-12-15(20)4-5-17(14)28-18(21)22;/h4-5,12,16,18H,3,6-11,13H2,1-2H3,(H,23,24);1H. The second kappa shape index (κ2) is 14.2. The zero-order chi connectivity index (χ0) is 20.4. The van der Waals surface area contributed by atoms with Gasteiger partial charge >= 0.3 is 6.61 Å². The predicted octanol–water partition coefficient (Wildman–Crippen LogP) is 4.15. The highest BCUT2D eigenvalue weighted by atomic mass is 127. The van der Waals surface area contributed by atoms with Crippen molar-refractivity contribution in [3.63, 3.8) is 0 Å². The second-order valence-corrected chi connectivity index (χ2v) is 6.87. The largest absolute Gasteiger partial charge is 0.434 e. The van der Waals surface area contributed by atoms with Crippen LogP contribution in [-0.4, -0.2) is 64.0 Å². The first kappa shape index (κ1) is 26.1. The molecule has 29 heavy (non-hydrogen) atoms. The van der Waals surface area contributed by atoms with Crippen molar-refractivity contribution in [2.75, 3.05) is 40.5 Å². The maximum absolute atomic E-state index is 12.6. The number of piperidine rings is 1. The van der Waals surface area contributed by atoms with Crippen molar-refractivity contribution in [1.29, 1.82) is 0 Å². The lowest BCUT2D eigenvalue weighted by molar-refractivity contribution is -0.0504. The number of halogens is 4. The van der Waals surface area contributed by atoms with Gasteiger partial charge in [-0.15, -0.1) is 24.0 Å². The Morgan fingerprint density at radius 1 is 1.31 bits per heavy atom. The topological polar surface area (TPSA) is 55.3 Å². The summed E-state index contributed by atoms with van der Waals surface area (Å²) < 4.78 is 40.7.